The molecule has 0 aromatic heterocycles. The molecule has 2 heteroatoms. The van der Waals surface area contributed by atoms with Crippen LogP contribution in [0.15, 0.2) is 12.1 Å². The van der Waals surface area contributed by atoms with Gasteiger partial charge in [-0.1, -0.05) is 17.7 Å². The lowest BCUT2D eigenvalue weighted by Gasteiger charge is -2.07. The van der Waals surface area contributed by atoms with Crippen LogP contribution in [0.1, 0.15) is 30.5 Å². The fourth-order valence-corrected chi connectivity index (χ4v) is 1.45. The third kappa shape index (κ3) is 4.45. The van der Waals surface area contributed by atoms with Gasteiger partial charge < -0.3 is 9.47 Å². The van der Waals surface area contributed by atoms with E-state index in [2.05, 4.69) is 25.1 Å². The predicted molar refractivity (Wildman–Crippen MR) is 60.7 cm³/mol. The molecule has 1 aromatic carbocycles. The Morgan fingerprint density at radius 2 is 1.47 bits per heavy atom. The first-order valence-corrected chi connectivity index (χ1v) is 5.43. The zero-order chi connectivity index (χ0) is 11.1. The predicted octanol–water partition coefficient (Wildman–Crippen LogP) is 2.87. The van der Waals surface area contributed by atoms with E-state index in [1.165, 1.54) is 5.56 Å². The Kier molecular flexibility index (Phi) is 5.37. The highest BCUT2D eigenvalue weighted by atomic mass is 16.5. The maximum atomic E-state index is 5.36. The molecule has 2 nitrogen and oxygen atoms in total. The molecule has 0 saturated heterocycles. The first kappa shape index (κ1) is 12.2. The Bertz CT molecular complexity index is 268. The number of benzene rings is 1. The van der Waals surface area contributed by atoms with E-state index in [0.717, 1.165) is 24.3 Å². The summed E-state index contributed by atoms with van der Waals surface area (Å²) in [5.74, 6) is 0. The molecule has 1 radical (unpaired) electrons. The average molecular weight is 207 g/mol. The molecule has 0 aliphatic rings. The van der Waals surface area contributed by atoms with Crippen molar-refractivity contribution < 1.29 is 9.47 Å². The van der Waals surface area contributed by atoms with Crippen molar-refractivity contribution in [2.75, 3.05) is 13.2 Å². The van der Waals surface area contributed by atoms with Crippen LogP contribution in [0.4, 0.5) is 0 Å². The summed E-state index contributed by atoms with van der Waals surface area (Å²) in [6.07, 6.45) is 0. The molecule has 0 N–H and O–H groups in total. The van der Waals surface area contributed by atoms with Crippen molar-refractivity contribution in [3.8, 4) is 0 Å². The molecular formula is C13H19O2. The maximum absolute atomic E-state index is 5.36. The highest BCUT2D eigenvalue weighted by molar-refractivity contribution is 5.27. The summed E-state index contributed by atoms with van der Waals surface area (Å²) >= 11 is 0. The van der Waals surface area contributed by atoms with Gasteiger partial charge in [0.05, 0.1) is 13.2 Å². The van der Waals surface area contributed by atoms with Gasteiger partial charge in [-0.3, -0.25) is 0 Å². The van der Waals surface area contributed by atoms with Gasteiger partial charge in [0.25, 0.3) is 0 Å². The van der Waals surface area contributed by atoms with Crippen molar-refractivity contribution in [2.24, 2.45) is 0 Å². The summed E-state index contributed by atoms with van der Waals surface area (Å²) in [5, 5.41) is 0. The molecule has 0 spiro atoms. The zero-order valence-electron chi connectivity index (χ0n) is 9.80. The van der Waals surface area contributed by atoms with Gasteiger partial charge in [-0.25, -0.2) is 0 Å². The zero-order valence-corrected chi connectivity index (χ0v) is 9.80. The summed E-state index contributed by atoms with van der Waals surface area (Å²) in [6.45, 7) is 8.83. The standard InChI is InChI=1S/C13H19O2/c1-4-14-9-12-6-11(3)7-13(8-12)10-15-5-2/h6-7H,4-5,9-10H2,1-3H3. The van der Waals surface area contributed by atoms with Gasteiger partial charge in [-0.2, -0.15) is 0 Å². The average Bonchev–Trinajstić information content (AvgIpc) is 2.23. The Morgan fingerprint density at radius 1 is 1.00 bits per heavy atom. The molecule has 1 rings (SSSR count). The van der Waals surface area contributed by atoms with Crippen LogP contribution in [0.3, 0.4) is 0 Å². The minimum absolute atomic E-state index is 0.636. The largest absolute Gasteiger partial charge is 0.377 e. The normalized spacial score (nSPS) is 10.6. The minimum atomic E-state index is 0.636. The van der Waals surface area contributed by atoms with Crippen LogP contribution >= 0.6 is 0 Å². The van der Waals surface area contributed by atoms with Crippen LogP contribution in [0, 0.1) is 13.0 Å². The smallest absolute Gasteiger partial charge is 0.0722 e. The molecule has 0 aliphatic heterocycles. The fraction of sp³-hybridized carbons (Fsp3) is 0.538. The van der Waals surface area contributed by atoms with E-state index in [1.54, 1.807) is 0 Å². The number of hydrogen-bond acceptors (Lipinski definition) is 2. The van der Waals surface area contributed by atoms with E-state index in [-0.39, 0.29) is 0 Å². The molecule has 0 saturated carbocycles. The Morgan fingerprint density at radius 3 is 1.87 bits per heavy atom. The lowest BCUT2D eigenvalue weighted by molar-refractivity contribution is 0.129. The minimum Gasteiger partial charge on any atom is -0.377 e. The van der Waals surface area contributed by atoms with Crippen LogP contribution in [0.25, 0.3) is 0 Å². The van der Waals surface area contributed by atoms with Crippen LogP contribution in [0.5, 0.6) is 0 Å². The van der Waals surface area contributed by atoms with E-state index in [0.29, 0.717) is 13.2 Å². The van der Waals surface area contributed by atoms with E-state index >= 15 is 0 Å². The molecule has 1 aromatic rings. The molecule has 83 valence electrons. The van der Waals surface area contributed by atoms with Crippen LogP contribution in [-0.2, 0) is 22.7 Å². The topological polar surface area (TPSA) is 18.5 Å². The highest BCUT2D eigenvalue weighted by Gasteiger charge is 1.99. The molecule has 0 bridgehead atoms. The number of aryl methyl sites for hydroxylation is 1. The second kappa shape index (κ2) is 6.59. The van der Waals surface area contributed by atoms with Gasteiger partial charge in [-0.15, -0.1) is 0 Å². The maximum Gasteiger partial charge on any atom is 0.0722 e. The molecular weight excluding hydrogens is 188 g/mol. The summed E-state index contributed by atoms with van der Waals surface area (Å²) < 4.78 is 10.7. The number of hydrogen-bond donors (Lipinski definition) is 0. The van der Waals surface area contributed by atoms with Gasteiger partial charge >= 0.3 is 0 Å². The molecule has 0 atom stereocenters. The third-order valence-electron chi connectivity index (χ3n) is 2.05. The highest BCUT2D eigenvalue weighted by Crippen LogP contribution is 2.11. The van der Waals surface area contributed by atoms with Gasteiger partial charge in [0.2, 0.25) is 0 Å². The van der Waals surface area contributed by atoms with Crippen LogP contribution in [0.2, 0.25) is 0 Å². The molecule has 15 heavy (non-hydrogen) atoms. The number of ether oxygens (including phenoxy) is 2. The third-order valence-corrected chi connectivity index (χ3v) is 2.05. The SMILES string of the molecule is CCOCc1[c]c(COCC)cc(C)c1. The monoisotopic (exact) mass is 207 g/mol. The fourth-order valence-electron chi connectivity index (χ4n) is 1.45. The van der Waals surface area contributed by atoms with E-state index in [1.807, 2.05) is 13.8 Å². The van der Waals surface area contributed by atoms with Crippen molar-refractivity contribution in [3.05, 3.63) is 34.9 Å². The summed E-state index contributed by atoms with van der Waals surface area (Å²) in [7, 11) is 0. The van der Waals surface area contributed by atoms with Crippen LogP contribution in [-0.4, -0.2) is 13.2 Å². The summed E-state index contributed by atoms with van der Waals surface area (Å²) in [6, 6.07) is 7.51. The van der Waals surface area contributed by atoms with Crippen molar-refractivity contribution in [1.82, 2.24) is 0 Å². The number of rotatable bonds is 6. The van der Waals surface area contributed by atoms with Gasteiger partial charge in [0.15, 0.2) is 0 Å². The Labute approximate surface area is 92.2 Å². The lowest BCUT2D eigenvalue weighted by atomic mass is 10.1. The van der Waals surface area contributed by atoms with E-state index < -0.39 is 0 Å². The lowest BCUT2D eigenvalue weighted by Crippen LogP contribution is -1.97. The first-order chi connectivity index (χ1) is 7.26. The van der Waals surface area contributed by atoms with Crippen molar-refractivity contribution in [2.45, 2.75) is 34.0 Å². The molecule has 0 fully saturated rings. The molecule has 0 aliphatic carbocycles. The van der Waals surface area contributed by atoms with E-state index in [4.69, 9.17) is 9.47 Å². The van der Waals surface area contributed by atoms with Gasteiger partial charge in [0, 0.05) is 13.2 Å². The van der Waals surface area contributed by atoms with Crippen molar-refractivity contribution in [1.29, 1.82) is 0 Å². The second-order valence-corrected chi connectivity index (χ2v) is 3.48. The van der Waals surface area contributed by atoms with E-state index in [9.17, 15) is 0 Å². The van der Waals surface area contributed by atoms with Crippen LogP contribution < -0.4 is 0 Å². The summed E-state index contributed by atoms with van der Waals surface area (Å²) in [5.41, 5.74) is 3.44. The molecule has 0 unspecified atom stereocenters. The Balaban J connectivity index is 2.66. The summed E-state index contributed by atoms with van der Waals surface area (Å²) in [4.78, 5) is 0. The Hall–Kier alpha value is -0.860. The van der Waals surface area contributed by atoms with Gasteiger partial charge in [0.1, 0.15) is 0 Å². The quantitative estimate of drug-likeness (QED) is 0.714. The first-order valence-electron chi connectivity index (χ1n) is 5.43. The van der Waals surface area contributed by atoms with Crippen molar-refractivity contribution in [3.63, 3.8) is 0 Å². The van der Waals surface area contributed by atoms with Gasteiger partial charge in [-0.05, 0) is 38.0 Å². The molecule has 0 heterocycles. The second-order valence-electron chi connectivity index (χ2n) is 3.48. The van der Waals surface area contributed by atoms with Crippen molar-refractivity contribution >= 4 is 0 Å². The molecule has 0 amide bonds.